The number of anilines is 2. The number of aliphatic carboxylic acids is 1. The normalized spacial score (nSPS) is 12.9. The molecule has 0 saturated heterocycles. The van der Waals surface area contributed by atoms with Gasteiger partial charge in [0.15, 0.2) is 0 Å². The summed E-state index contributed by atoms with van der Waals surface area (Å²) in [5.41, 5.74) is 14.6. The smallest absolute Gasteiger partial charge is 0.429 e. The van der Waals surface area contributed by atoms with E-state index in [4.69, 9.17) is 21.3 Å². The number of ether oxygens (including phenoxy) is 1. The van der Waals surface area contributed by atoms with Crippen molar-refractivity contribution in [3.8, 4) is 28.3 Å². The fourth-order valence-electron chi connectivity index (χ4n) is 4.17. The quantitative estimate of drug-likeness (QED) is 0.262. The van der Waals surface area contributed by atoms with E-state index in [1.54, 1.807) is 54.6 Å². The summed E-state index contributed by atoms with van der Waals surface area (Å²) in [7, 11) is 3.70. The standard InChI is InChI=1S/C29H28F3N5O3/c1-37(2)20-7-5-6-19(15-20)21-8-3-4-9-22(21)26(29(30,31)32)40-25-16-24(35-28(34)36-25)18-12-10-17(11-13-18)14-23(33)27(38)39/h3-13,15-16,23,26H,14,33H2,1-2H3,(H,38,39)(H2,34,35,36). The number of alkyl halides is 3. The minimum absolute atomic E-state index is 0.0799. The molecule has 0 radical (unpaired) electrons. The lowest BCUT2D eigenvalue weighted by Crippen LogP contribution is -2.32. The molecule has 2 unspecified atom stereocenters. The lowest BCUT2D eigenvalue weighted by atomic mass is 9.95. The Kier molecular flexibility index (Phi) is 8.24. The van der Waals surface area contributed by atoms with Gasteiger partial charge in [-0.15, -0.1) is 0 Å². The predicted molar refractivity (Wildman–Crippen MR) is 147 cm³/mol. The molecule has 0 amide bonds. The van der Waals surface area contributed by atoms with E-state index in [1.165, 1.54) is 18.2 Å². The van der Waals surface area contributed by atoms with E-state index in [9.17, 15) is 18.0 Å². The molecule has 0 saturated carbocycles. The third kappa shape index (κ3) is 6.67. The average Bonchev–Trinajstić information content (AvgIpc) is 2.91. The van der Waals surface area contributed by atoms with Gasteiger partial charge >= 0.3 is 12.1 Å². The van der Waals surface area contributed by atoms with Crippen LogP contribution in [0.5, 0.6) is 5.88 Å². The summed E-state index contributed by atoms with van der Waals surface area (Å²) in [6.45, 7) is 0. The molecule has 4 rings (SSSR count). The Morgan fingerprint density at radius 1 is 0.975 bits per heavy atom. The number of nitrogens with zero attached hydrogens (tertiary/aromatic N) is 3. The van der Waals surface area contributed by atoms with Gasteiger partial charge in [0.1, 0.15) is 6.04 Å². The van der Waals surface area contributed by atoms with Crippen LogP contribution in [0.25, 0.3) is 22.4 Å². The van der Waals surface area contributed by atoms with E-state index < -0.39 is 24.3 Å². The first kappa shape index (κ1) is 28.4. The van der Waals surface area contributed by atoms with E-state index >= 15 is 0 Å². The summed E-state index contributed by atoms with van der Waals surface area (Å²) in [6, 6.07) is 20.2. The molecule has 40 heavy (non-hydrogen) atoms. The highest BCUT2D eigenvalue weighted by Crippen LogP contribution is 2.41. The Labute approximate surface area is 229 Å². The van der Waals surface area contributed by atoms with Crippen LogP contribution in [0.4, 0.5) is 24.8 Å². The Bertz CT molecular complexity index is 1490. The largest absolute Gasteiger partial charge is 0.480 e. The summed E-state index contributed by atoms with van der Waals surface area (Å²) >= 11 is 0. The molecule has 0 aliphatic rings. The van der Waals surface area contributed by atoms with Gasteiger partial charge in [0.25, 0.3) is 0 Å². The lowest BCUT2D eigenvalue weighted by molar-refractivity contribution is -0.198. The first-order chi connectivity index (χ1) is 18.9. The van der Waals surface area contributed by atoms with Gasteiger partial charge in [-0.05, 0) is 35.2 Å². The van der Waals surface area contributed by atoms with Crippen molar-refractivity contribution >= 4 is 17.6 Å². The van der Waals surface area contributed by atoms with Gasteiger partial charge in [-0.3, -0.25) is 4.79 Å². The number of carboxylic acid groups (broad SMARTS) is 1. The van der Waals surface area contributed by atoms with Crippen LogP contribution in [0.2, 0.25) is 0 Å². The molecule has 11 heteroatoms. The van der Waals surface area contributed by atoms with Gasteiger partial charge in [0.2, 0.25) is 17.9 Å². The molecule has 8 nitrogen and oxygen atoms in total. The highest BCUT2D eigenvalue weighted by molar-refractivity contribution is 5.74. The number of halogens is 3. The Balaban J connectivity index is 1.68. The number of nitrogens with two attached hydrogens (primary N) is 2. The molecule has 3 aromatic carbocycles. The van der Waals surface area contributed by atoms with Gasteiger partial charge in [-0.1, -0.05) is 60.7 Å². The van der Waals surface area contributed by atoms with Crippen molar-refractivity contribution in [3.63, 3.8) is 0 Å². The van der Waals surface area contributed by atoms with E-state index in [2.05, 4.69) is 9.97 Å². The second-order valence-corrected chi connectivity index (χ2v) is 9.37. The third-order valence-corrected chi connectivity index (χ3v) is 6.20. The lowest BCUT2D eigenvalue weighted by Gasteiger charge is -2.24. The number of hydrogen-bond acceptors (Lipinski definition) is 7. The van der Waals surface area contributed by atoms with Crippen LogP contribution in [-0.4, -0.2) is 47.4 Å². The molecule has 1 heterocycles. The molecule has 5 N–H and O–H groups in total. The van der Waals surface area contributed by atoms with Crippen molar-refractivity contribution in [2.75, 3.05) is 24.7 Å². The van der Waals surface area contributed by atoms with Crippen molar-refractivity contribution in [2.45, 2.75) is 24.7 Å². The van der Waals surface area contributed by atoms with Gasteiger partial charge in [0, 0.05) is 37.0 Å². The van der Waals surface area contributed by atoms with Gasteiger partial charge in [-0.25, -0.2) is 4.98 Å². The van der Waals surface area contributed by atoms with E-state index in [-0.39, 0.29) is 29.5 Å². The van der Waals surface area contributed by atoms with Crippen LogP contribution < -0.4 is 21.1 Å². The predicted octanol–water partition coefficient (Wildman–Crippen LogP) is 5.10. The van der Waals surface area contributed by atoms with E-state index in [0.29, 0.717) is 22.3 Å². The molecular weight excluding hydrogens is 523 g/mol. The van der Waals surface area contributed by atoms with Crippen molar-refractivity contribution in [1.82, 2.24) is 9.97 Å². The number of carbonyl (C=O) groups is 1. The van der Waals surface area contributed by atoms with Crippen molar-refractivity contribution < 1.29 is 27.8 Å². The van der Waals surface area contributed by atoms with Crippen LogP contribution in [0.15, 0.2) is 78.9 Å². The van der Waals surface area contributed by atoms with Crippen molar-refractivity contribution in [2.24, 2.45) is 5.73 Å². The highest BCUT2D eigenvalue weighted by Gasteiger charge is 2.44. The summed E-state index contributed by atoms with van der Waals surface area (Å²) in [4.78, 5) is 20.9. The minimum Gasteiger partial charge on any atom is -0.480 e. The molecule has 4 aromatic rings. The van der Waals surface area contributed by atoms with Gasteiger partial charge in [-0.2, -0.15) is 18.2 Å². The summed E-state index contributed by atoms with van der Waals surface area (Å²) < 4.78 is 48.9. The average molecular weight is 552 g/mol. The molecule has 0 fully saturated rings. The SMILES string of the molecule is CN(C)c1cccc(-c2ccccc2C(Oc2cc(-c3ccc(CC(N)C(=O)O)cc3)nc(N)n2)C(F)(F)F)c1. The molecule has 0 bridgehead atoms. The fourth-order valence-corrected chi connectivity index (χ4v) is 4.17. The van der Waals surface area contributed by atoms with Crippen LogP contribution in [0.1, 0.15) is 17.2 Å². The zero-order chi connectivity index (χ0) is 29.0. The minimum atomic E-state index is -4.78. The zero-order valence-electron chi connectivity index (χ0n) is 21.8. The van der Waals surface area contributed by atoms with Crippen LogP contribution >= 0.6 is 0 Å². The number of benzene rings is 3. The number of hydrogen-bond donors (Lipinski definition) is 3. The number of carboxylic acids is 1. The highest BCUT2D eigenvalue weighted by atomic mass is 19.4. The third-order valence-electron chi connectivity index (χ3n) is 6.20. The topological polar surface area (TPSA) is 128 Å². The summed E-state index contributed by atoms with van der Waals surface area (Å²) in [5.74, 6) is -1.74. The Morgan fingerprint density at radius 3 is 2.33 bits per heavy atom. The Morgan fingerprint density at radius 2 is 1.68 bits per heavy atom. The van der Waals surface area contributed by atoms with Crippen LogP contribution in [-0.2, 0) is 11.2 Å². The molecule has 2 atom stereocenters. The van der Waals surface area contributed by atoms with Crippen LogP contribution in [0, 0.1) is 0 Å². The maximum absolute atomic E-state index is 14.5. The molecule has 0 aliphatic carbocycles. The maximum atomic E-state index is 14.5. The van der Waals surface area contributed by atoms with E-state index in [1.807, 2.05) is 25.1 Å². The van der Waals surface area contributed by atoms with Crippen LogP contribution in [0.3, 0.4) is 0 Å². The van der Waals surface area contributed by atoms with Gasteiger partial charge in [0.05, 0.1) is 5.69 Å². The van der Waals surface area contributed by atoms with Crippen molar-refractivity contribution in [3.05, 3.63) is 90.0 Å². The number of aromatic nitrogens is 2. The summed E-state index contributed by atoms with van der Waals surface area (Å²) in [6.07, 6.45) is -7.01. The molecule has 0 aliphatic heterocycles. The number of rotatable bonds is 9. The first-order valence-corrected chi connectivity index (χ1v) is 12.2. The molecular formula is C29H28F3N5O3. The van der Waals surface area contributed by atoms with Crippen molar-refractivity contribution in [1.29, 1.82) is 0 Å². The second-order valence-electron chi connectivity index (χ2n) is 9.37. The summed E-state index contributed by atoms with van der Waals surface area (Å²) in [5, 5.41) is 9.01. The fraction of sp³-hybridized carbons (Fsp3) is 0.207. The number of nitrogen functional groups attached to an aromatic ring is 1. The molecule has 1 aromatic heterocycles. The maximum Gasteiger partial charge on any atom is 0.429 e. The van der Waals surface area contributed by atoms with E-state index in [0.717, 1.165) is 5.69 Å². The molecule has 0 spiro atoms. The molecule has 208 valence electrons. The Hall–Kier alpha value is -4.64. The first-order valence-electron chi connectivity index (χ1n) is 12.2. The van der Waals surface area contributed by atoms with Gasteiger partial charge < -0.3 is 26.2 Å². The second kappa shape index (κ2) is 11.6. The zero-order valence-corrected chi connectivity index (χ0v) is 21.8. The monoisotopic (exact) mass is 551 g/mol.